The van der Waals surface area contributed by atoms with Crippen LogP contribution < -0.4 is 14.8 Å². The van der Waals surface area contributed by atoms with Crippen LogP contribution in [-0.4, -0.2) is 34.9 Å². The van der Waals surface area contributed by atoms with Crippen LogP contribution in [0.1, 0.15) is 16.1 Å². The molecule has 0 aliphatic rings. The number of hydrogen-bond acceptors (Lipinski definition) is 7. The number of ether oxygens (including phenoxy) is 2. The molecule has 0 saturated carbocycles. The summed E-state index contributed by atoms with van der Waals surface area (Å²) in [7, 11) is 3.12. The van der Waals surface area contributed by atoms with Gasteiger partial charge in [0.1, 0.15) is 17.3 Å². The van der Waals surface area contributed by atoms with Crippen LogP contribution in [0, 0.1) is 0 Å². The Labute approximate surface area is 173 Å². The first-order valence-electron chi connectivity index (χ1n) is 9.25. The Morgan fingerprint density at radius 1 is 1.03 bits per heavy atom. The van der Waals surface area contributed by atoms with Gasteiger partial charge in [-0.1, -0.05) is 12.1 Å². The van der Waals surface area contributed by atoms with Gasteiger partial charge in [0.25, 0.3) is 5.91 Å². The van der Waals surface area contributed by atoms with Crippen LogP contribution in [-0.2, 0) is 6.54 Å². The number of anilines is 1. The summed E-state index contributed by atoms with van der Waals surface area (Å²) in [6.07, 6.45) is 1.59. The number of nitrogens with zero attached hydrogens (tertiary/aromatic N) is 3. The minimum absolute atomic E-state index is 0.299. The molecule has 0 aliphatic heterocycles. The van der Waals surface area contributed by atoms with E-state index in [2.05, 4.69) is 15.4 Å². The molecule has 0 bridgehead atoms. The molecule has 0 spiro atoms. The third kappa shape index (κ3) is 3.88. The number of para-hydroxylation sites is 1. The standard InChI is InChI=1S/C22H20N4O4/c1-28-16-11-9-15(10-12-16)20-24-22(23-14-17-6-5-13-30-17)26(25-20)21(27)18-7-3-4-8-19(18)29-2/h3-13H,14H2,1-2H3,(H,23,24,25). The van der Waals surface area contributed by atoms with Crippen molar-refractivity contribution >= 4 is 11.9 Å². The molecule has 0 amide bonds. The van der Waals surface area contributed by atoms with Crippen molar-refractivity contribution in [3.05, 3.63) is 78.3 Å². The van der Waals surface area contributed by atoms with Crippen molar-refractivity contribution in [1.82, 2.24) is 14.8 Å². The normalized spacial score (nSPS) is 10.6. The molecule has 2 aromatic heterocycles. The minimum atomic E-state index is -0.360. The first-order chi connectivity index (χ1) is 14.7. The number of furan rings is 1. The molecule has 152 valence electrons. The predicted octanol–water partition coefficient (Wildman–Crippen LogP) is 3.86. The van der Waals surface area contributed by atoms with E-state index in [9.17, 15) is 4.79 Å². The van der Waals surface area contributed by atoms with Crippen molar-refractivity contribution in [2.45, 2.75) is 6.54 Å². The Kier molecular flexibility index (Phi) is 5.47. The number of methoxy groups -OCH3 is 2. The summed E-state index contributed by atoms with van der Waals surface area (Å²) in [5.74, 6) is 2.23. The summed E-state index contributed by atoms with van der Waals surface area (Å²) >= 11 is 0. The average Bonchev–Trinajstić information content (AvgIpc) is 3.47. The summed E-state index contributed by atoms with van der Waals surface area (Å²) in [6, 6.07) is 17.9. The Balaban J connectivity index is 1.72. The van der Waals surface area contributed by atoms with Crippen molar-refractivity contribution in [1.29, 1.82) is 0 Å². The zero-order chi connectivity index (χ0) is 20.9. The summed E-state index contributed by atoms with van der Waals surface area (Å²) in [5.41, 5.74) is 1.13. The van der Waals surface area contributed by atoms with E-state index in [1.165, 1.54) is 11.8 Å². The van der Waals surface area contributed by atoms with Gasteiger partial charge in [0, 0.05) is 5.56 Å². The smallest absolute Gasteiger partial charge is 0.285 e. The van der Waals surface area contributed by atoms with Crippen LogP contribution in [0.2, 0.25) is 0 Å². The number of aromatic nitrogens is 3. The second-order valence-electron chi connectivity index (χ2n) is 6.34. The second-order valence-corrected chi connectivity index (χ2v) is 6.34. The van der Waals surface area contributed by atoms with E-state index in [-0.39, 0.29) is 5.91 Å². The predicted molar refractivity (Wildman–Crippen MR) is 111 cm³/mol. The maximum Gasteiger partial charge on any atom is 0.285 e. The highest BCUT2D eigenvalue weighted by atomic mass is 16.5. The van der Waals surface area contributed by atoms with Crippen LogP contribution >= 0.6 is 0 Å². The largest absolute Gasteiger partial charge is 0.497 e. The van der Waals surface area contributed by atoms with Gasteiger partial charge in [-0.25, -0.2) is 0 Å². The highest BCUT2D eigenvalue weighted by molar-refractivity contribution is 5.99. The minimum Gasteiger partial charge on any atom is -0.497 e. The van der Waals surface area contributed by atoms with Gasteiger partial charge >= 0.3 is 0 Å². The highest BCUT2D eigenvalue weighted by Crippen LogP contribution is 2.24. The summed E-state index contributed by atoms with van der Waals surface area (Å²) in [4.78, 5) is 17.8. The maximum atomic E-state index is 13.3. The molecular formula is C22H20N4O4. The Morgan fingerprint density at radius 3 is 2.53 bits per heavy atom. The van der Waals surface area contributed by atoms with Crippen molar-refractivity contribution in [2.75, 3.05) is 19.5 Å². The van der Waals surface area contributed by atoms with E-state index in [1.54, 1.807) is 43.7 Å². The van der Waals surface area contributed by atoms with Crippen LogP contribution in [0.4, 0.5) is 5.95 Å². The van der Waals surface area contributed by atoms with Gasteiger partial charge < -0.3 is 19.2 Å². The first-order valence-corrected chi connectivity index (χ1v) is 9.25. The third-order valence-electron chi connectivity index (χ3n) is 4.49. The topological polar surface area (TPSA) is 91.4 Å². The molecule has 4 aromatic rings. The molecule has 0 aliphatic carbocycles. The fourth-order valence-corrected chi connectivity index (χ4v) is 2.95. The summed E-state index contributed by atoms with van der Waals surface area (Å²) in [5, 5.41) is 7.58. The lowest BCUT2D eigenvalue weighted by Crippen LogP contribution is -2.18. The molecule has 0 saturated heterocycles. The Morgan fingerprint density at radius 2 is 1.83 bits per heavy atom. The first kappa shape index (κ1) is 19.3. The fraction of sp³-hybridized carbons (Fsp3) is 0.136. The van der Waals surface area contributed by atoms with Crippen LogP contribution in [0.3, 0.4) is 0 Å². The van der Waals surface area contributed by atoms with Gasteiger partial charge in [-0.05, 0) is 48.5 Å². The number of benzene rings is 2. The lowest BCUT2D eigenvalue weighted by molar-refractivity contribution is 0.0944. The third-order valence-corrected chi connectivity index (χ3v) is 4.49. The number of hydrogen-bond donors (Lipinski definition) is 1. The maximum absolute atomic E-state index is 13.3. The number of carbonyl (C=O) groups is 1. The van der Waals surface area contributed by atoms with Gasteiger partial charge in [-0.2, -0.15) is 9.67 Å². The SMILES string of the molecule is COc1ccc(-c2nc(NCc3ccco3)n(C(=O)c3ccccc3OC)n2)cc1. The van der Waals surface area contributed by atoms with Crippen molar-refractivity contribution < 1.29 is 18.7 Å². The van der Waals surface area contributed by atoms with Gasteiger partial charge in [0.2, 0.25) is 5.95 Å². The molecular weight excluding hydrogens is 384 g/mol. The zero-order valence-electron chi connectivity index (χ0n) is 16.5. The number of nitrogens with one attached hydrogen (secondary N) is 1. The Hall–Kier alpha value is -4.07. The van der Waals surface area contributed by atoms with Crippen molar-refractivity contribution in [3.8, 4) is 22.9 Å². The quantitative estimate of drug-likeness (QED) is 0.500. The van der Waals surface area contributed by atoms with Crippen LogP contribution in [0.25, 0.3) is 11.4 Å². The van der Waals surface area contributed by atoms with Gasteiger partial charge in [-0.15, -0.1) is 5.10 Å². The lowest BCUT2D eigenvalue weighted by Gasteiger charge is -2.09. The van der Waals surface area contributed by atoms with Crippen LogP contribution in [0.5, 0.6) is 11.5 Å². The molecule has 30 heavy (non-hydrogen) atoms. The molecule has 1 N–H and O–H groups in total. The molecule has 0 unspecified atom stereocenters. The van der Waals surface area contributed by atoms with E-state index in [1.807, 2.05) is 30.3 Å². The molecule has 4 rings (SSSR count). The number of rotatable bonds is 7. The second kappa shape index (κ2) is 8.52. The van der Waals surface area contributed by atoms with Gasteiger partial charge in [0.15, 0.2) is 5.82 Å². The fourth-order valence-electron chi connectivity index (χ4n) is 2.95. The van der Waals surface area contributed by atoms with Crippen molar-refractivity contribution in [2.24, 2.45) is 0 Å². The Bertz CT molecular complexity index is 1130. The average molecular weight is 404 g/mol. The molecule has 0 radical (unpaired) electrons. The van der Waals surface area contributed by atoms with E-state index in [0.29, 0.717) is 35.4 Å². The molecule has 8 heteroatoms. The molecule has 0 fully saturated rings. The van der Waals surface area contributed by atoms with Crippen LogP contribution in [0.15, 0.2) is 71.3 Å². The monoisotopic (exact) mass is 404 g/mol. The van der Waals surface area contributed by atoms with Crippen molar-refractivity contribution in [3.63, 3.8) is 0 Å². The zero-order valence-corrected chi connectivity index (χ0v) is 16.5. The molecule has 2 aromatic carbocycles. The van der Waals surface area contributed by atoms with Gasteiger partial charge in [0.05, 0.1) is 32.6 Å². The molecule has 2 heterocycles. The lowest BCUT2D eigenvalue weighted by atomic mass is 10.2. The van der Waals surface area contributed by atoms with E-state index < -0.39 is 0 Å². The highest BCUT2D eigenvalue weighted by Gasteiger charge is 2.21. The summed E-state index contributed by atoms with van der Waals surface area (Å²) < 4.78 is 17.1. The van der Waals surface area contributed by atoms with E-state index in [4.69, 9.17) is 13.9 Å². The molecule has 0 atom stereocenters. The van der Waals surface area contributed by atoms with E-state index >= 15 is 0 Å². The van der Waals surface area contributed by atoms with Gasteiger partial charge in [-0.3, -0.25) is 4.79 Å². The molecule has 8 nitrogen and oxygen atoms in total. The summed E-state index contributed by atoms with van der Waals surface area (Å²) in [6.45, 7) is 0.354. The number of carbonyl (C=O) groups excluding carboxylic acids is 1. The van der Waals surface area contributed by atoms with E-state index in [0.717, 1.165) is 11.3 Å².